The van der Waals surface area contributed by atoms with Gasteiger partial charge in [-0.1, -0.05) is 36.0 Å². The summed E-state index contributed by atoms with van der Waals surface area (Å²) in [5, 5.41) is 10.1. The third kappa shape index (κ3) is 3.89. The Hall–Kier alpha value is -2.04. The van der Waals surface area contributed by atoms with Gasteiger partial charge in [0.1, 0.15) is 11.4 Å². The summed E-state index contributed by atoms with van der Waals surface area (Å²) in [5.74, 6) is 0.408. The fourth-order valence-corrected chi connectivity index (χ4v) is 6.16. The summed E-state index contributed by atoms with van der Waals surface area (Å²) in [6.45, 7) is 1.33. The first-order valence-electron chi connectivity index (χ1n) is 9.28. The van der Waals surface area contributed by atoms with Crippen LogP contribution in [0, 0.1) is 0 Å². The molecular formula is C18H22N4O4S2. The van der Waals surface area contributed by atoms with Crippen LogP contribution in [0.2, 0.25) is 0 Å². The molecule has 150 valence electrons. The first-order chi connectivity index (χ1) is 13.4. The molecule has 1 aromatic heterocycles. The van der Waals surface area contributed by atoms with Gasteiger partial charge in [0.05, 0.1) is 6.04 Å². The number of benzene rings is 1. The number of hydrogen-bond acceptors (Lipinski definition) is 7. The van der Waals surface area contributed by atoms with Crippen LogP contribution in [0.5, 0.6) is 5.75 Å². The monoisotopic (exact) mass is 422 g/mol. The summed E-state index contributed by atoms with van der Waals surface area (Å²) in [6.07, 6.45) is 5.77. The lowest BCUT2D eigenvalue weighted by atomic mass is 9.77. The summed E-state index contributed by atoms with van der Waals surface area (Å²) in [6, 6.07) is 7.16. The van der Waals surface area contributed by atoms with Gasteiger partial charge in [0, 0.05) is 18.9 Å². The maximum Gasteiger partial charge on any atom is 0.270 e. The Bertz CT molecular complexity index is 983. The second-order valence-corrected chi connectivity index (χ2v) is 10.2. The third-order valence-electron chi connectivity index (χ3n) is 5.18. The van der Waals surface area contributed by atoms with Gasteiger partial charge in [0.25, 0.3) is 10.0 Å². The number of aromatic nitrogens is 2. The molecule has 28 heavy (non-hydrogen) atoms. The topological polar surface area (TPSA) is 110 Å². The molecule has 0 bridgehead atoms. The number of ether oxygens (including phenoxy) is 1. The molecule has 1 fully saturated rings. The number of para-hydroxylation sites is 1. The van der Waals surface area contributed by atoms with E-state index in [0.29, 0.717) is 6.42 Å². The van der Waals surface area contributed by atoms with Crippen LogP contribution >= 0.6 is 11.3 Å². The molecule has 1 saturated carbocycles. The lowest BCUT2D eigenvalue weighted by Crippen LogP contribution is -2.46. The Kier molecular flexibility index (Phi) is 5.11. The maximum atomic E-state index is 12.9. The van der Waals surface area contributed by atoms with Gasteiger partial charge < -0.3 is 10.1 Å². The second kappa shape index (κ2) is 7.41. The van der Waals surface area contributed by atoms with Crippen molar-refractivity contribution in [2.45, 2.75) is 61.4 Å². The van der Waals surface area contributed by atoms with Crippen LogP contribution in [0.15, 0.2) is 28.6 Å². The van der Waals surface area contributed by atoms with E-state index in [1.54, 1.807) is 0 Å². The number of nitrogens with zero attached hydrogens (tertiary/aromatic N) is 2. The van der Waals surface area contributed by atoms with E-state index >= 15 is 0 Å². The van der Waals surface area contributed by atoms with Gasteiger partial charge in [-0.2, -0.15) is 0 Å². The lowest BCUT2D eigenvalue weighted by Gasteiger charge is -2.44. The van der Waals surface area contributed by atoms with Crippen LogP contribution in [-0.4, -0.2) is 30.1 Å². The zero-order valence-electron chi connectivity index (χ0n) is 15.5. The highest BCUT2D eigenvalue weighted by molar-refractivity contribution is 7.91. The number of fused-ring (bicyclic) bond motifs is 1. The number of anilines is 1. The molecule has 1 aromatic carbocycles. The zero-order chi connectivity index (χ0) is 19.8. The van der Waals surface area contributed by atoms with Crippen molar-refractivity contribution in [3.8, 4) is 5.75 Å². The number of nitrogens with one attached hydrogen (secondary N) is 2. The van der Waals surface area contributed by atoms with Crippen molar-refractivity contribution in [2.75, 3.05) is 5.32 Å². The molecule has 2 aromatic rings. The van der Waals surface area contributed by atoms with Crippen molar-refractivity contribution < 1.29 is 17.9 Å². The highest BCUT2D eigenvalue weighted by Gasteiger charge is 2.43. The number of carbonyl (C=O) groups excluding carboxylic acids is 1. The van der Waals surface area contributed by atoms with Crippen LogP contribution in [0.1, 0.15) is 57.1 Å². The normalized spacial score (nSPS) is 21.0. The van der Waals surface area contributed by atoms with Crippen molar-refractivity contribution in [3.05, 3.63) is 29.8 Å². The minimum Gasteiger partial charge on any atom is -0.487 e. The van der Waals surface area contributed by atoms with Crippen LogP contribution in [-0.2, 0) is 14.8 Å². The minimum absolute atomic E-state index is 0.156. The van der Waals surface area contributed by atoms with E-state index in [2.05, 4.69) is 20.2 Å². The molecule has 1 aliphatic heterocycles. The summed E-state index contributed by atoms with van der Waals surface area (Å²) in [5.41, 5.74) is 0.497. The van der Waals surface area contributed by atoms with Crippen molar-refractivity contribution in [1.82, 2.24) is 14.9 Å². The van der Waals surface area contributed by atoms with E-state index in [1.807, 2.05) is 24.3 Å². The number of sulfonamides is 1. The summed E-state index contributed by atoms with van der Waals surface area (Å²) >= 11 is 0.829. The van der Waals surface area contributed by atoms with Gasteiger partial charge >= 0.3 is 0 Å². The van der Waals surface area contributed by atoms with Gasteiger partial charge in [-0.05, 0) is 31.7 Å². The van der Waals surface area contributed by atoms with E-state index in [0.717, 1.165) is 48.3 Å². The highest BCUT2D eigenvalue weighted by atomic mass is 32.2. The molecule has 1 unspecified atom stereocenters. The van der Waals surface area contributed by atoms with Crippen molar-refractivity contribution in [2.24, 2.45) is 0 Å². The van der Waals surface area contributed by atoms with Gasteiger partial charge in [-0.15, -0.1) is 10.2 Å². The van der Waals surface area contributed by atoms with E-state index in [-0.39, 0.29) is 21.0 Å². The van der Waals surface area contributed by atoms with Crippen molar-refractivity contribution in [1.29, 1.82) is 0 Å². The number of hydrogen-bond donors (Lipinski definition) is 2. The predicted molar refractivity (Wildman–Crippen MR) is 105 cm³/mol. The van der Waals surface area contributed by atoms with Gasteiger partial charge in [-0.3, -0.25) is 4.79 Å². The molecule has 2 aliphatic rings. The van der Waals surface area contributed by atoms with E-state index in [1.165, 1.54) is 13.3 Å². The van der Waals surface area contributed by atoms with E-state index in [4.69, 9.17) is 4.74 Å². The summed E-state index contributed by atoms with van der Waals surface area (Å²) < 4.78 is 34.8. The van der Waals surface area contributed by atoms with E-state index < -0.39 is 16.1 Å². The Morgan fingerprint density at radius 3 is 2.71 bits per heavy atom. The largest absolute Gasteiger partial charge is 0.487 e. The Morgan fingerprint density at radius 2 is 1.96 bits per heavy atom. The van der Waals surface area contributed by atoms with Gasteiger partial charge in [0.15, 0.2) is 0 Å². The van der Waals surface area contributed by atoms with Crippen LogP contribution < -0.4 is 14.8 Å². The molecule has 10 heteroatoms. The van der Waals surface area contributed by atoms with Crippen molar-refractivity contribution in [3.63, 3.8) is 0 Å². The maximum absolute atomic E-state index is 12.9. The Labute approximate surface area is 167 Å². The first kappa shape index (κ1) is 19.3. The van der Waals surface area contributed by atoms with Crippen LogP contribution in [0.25, 0.3) is 0 Å². The number of amides is 1. The quantitative estimate of drug-likeness (QED) is 0.733. The lowest BCUT2D eigenvalue weighted by molar-refractivity contribution is -0.114. The molecule has 2 N–H and O–H groups in total. The molecular weight excluding hydrogens is 400 g/mol. The first-order valence-corrected chi connectivity index (χ1v) is 11.6. The van der Waals surface area contributed by atoms with Crippen LogP contribution in [0.3, 0.4) is 0 Å². The van der Waals surface area contributed by atoms with Crippen LogP contribution in [0.4, 0.5) is 5.13 Å². The molecule has 1 atom stereocenters. The second-order valence-electron chi connectivity index (χ2n) is 7.32. The number of carbonyl (C=O) groups is 1. The van der Waals surface area contributed by atoms with Crippen molar-refractivity contribution >= 4 is 32.4 Å². The summed E-state index contributed by atoms with van der Waals surface area (Å²) in [7, 11) is -3.88. The SMILES string of the molecule is CC(=O)Nc1nnc(S(=O)(=O)NC2CC3(CCCCC3)Oc3ccccc32)s1. The number of rotatable bonds is 4. The smallest absolute Gasteiger partial charge is 0.270 e. The standard InChI is InChI=1S/C18H22N4O4S2/c1-12(23)19-16-20-21-17(27-16)28(24,25)22-14-11-18(9-5-2-6-10-18)26-15-8-4-3-7-13(14)15/h3-4,7-8,14,22H,2,5-6,9-11H2,1H3,(H,19,20,23). The highest BCUT2D eigenvalue weighted by Crippen LogP contribution is 2.46. The fourth-order valence-electron chi connectivity index (χ4n) is 3.98. The van der Waals surface area contributed by atoms with Gasteiger partial charge in [0.2, 0.25) is 15.4 Å². The molecule has 0 radical (unpaired) electrons. The molecule has 1 spiro atoms. The predicted octanol–water partition coefficient (Wildman–Crippen LogP) is 3.00. The van der Waals surface area contributed by atoms with E-state index in [9.17, 15) is 13.2 Å². The average molecular weight is 423 g/mol. The zero-order valence-corrected chi connectivity index (χ0v) is 17.1. The third-order valence-corrected chi connectivity index (χ3v) is 7.86. The molecule has 2 heterocycles. The molecule has 4 rings (SSSR count). The molecule has 0 saturated heterocycles. The fraction of sp³-hybridized carbons (Fsp3) is 0.500. The molecule has 8 nitrogen and oxygen atoms in total. The Balaban J connectivity index is 1.62. The van der Waals surface area contributed by atoms with Gasteiger partial charge in [-0.25, -0.2) is 13.1 Å². The molecule has 1 amide bonds. The minimum atomic E-state index is -3.88. The Morgan fingerprint density at radius 1 is 1.21 bits per heavy atom. The summed E-state index contributed by atoms with van der Waals surface area (Å²) in [4.78, 5) is 11.1. The molecule has 1 aliphatic carbocycles. The average Bonchev–Trinajstić information content (AvgIpc) is 3.11.